The van der Waals surface area contributed by atoms with Gasteiger partial charge in [-0.3, -0.25) is 4.79 Å². The molecule has 0 unspecified atom stereocenters. The minimum atomic E-state index is -4.50. The lowest BCUT2D eigenvalue weighted by atomic mass is 9.79. The van der Waals surface area contributed by atoms with E-state index in [4.69, 9.17) is 0 Å². The van der Waals surface area contributed by atoms with Crippen LogP contribution in [0.25, 0.3) is 11.0 Å². The first-order chi connectivity index (χ1) is 15.5. The van der Waals surface area contributed by atoms with Gasteiger partial charge in [0.25, 0.3) is 0 Å². The summed E-state index contributed by atoms with van der Waals surface area (Å²) in [6, 6.07) is 2.86. The monoisotopic (exact) mass is 467 g/mol. The number of rotatable bonds is 6. The Morgan fingerprint density at radius 2 is 1.94 bits per heavy atom. The van der Waals surface area contributed by atoms with E-state index >= 15 is 0 Å². The predicted octanol–water partition coefficient (Wildman–Crippen LogP) is 5.16. The van der Waals surface area contributed by atoms with Gasteiger partial charge in [0, 0.05) is 11.9 Å². The molecule has 0 aliphatic heterocycles. The number of ketones is 1. The van der Waals surface area contributed by atoms with Gasteiger partial charge in [-0.25, -0.2) is 19.3 Å². The van der Waals surface area contributed by atoms with Crippen molar-refractivity contribution in [2.45, 2.75) is 50.9 Å². The van der Waals surface area contributed by atoms with Crippen LogP contribution in [0.15, 0.2) is 24.7 Å². The van der Waals surface area contributed by atoms with Gasteiger partial charge in [0.1, 0.15) is 30.0 Å². The van der Waals surface area contributed by atoms with Crippen LogP contribution in [0.4, 0.5) is 27.8 Å². The van der Waals surface area contributed by atoms with Crippen LogP contribution < -0.4 is 5.32 Å². The number of pyridine rings is 1. The number of nitrogens with zero attached hydrogens (tertiary/aromatic N) is 3. The molecule has 1 aliphatic carbocycles. The molecule has 33 heavy (non-hydrogen) atoms. The molecule has 0 radical (unpaired) electrons. The van der Waals surface area contributed by atoms with Gasteiger partial charge in [-0.2, -0.15) is 17.6 Å². The number of halogens is 5. The molecule has 0 aromatic carbocycles. The van der Waals surface area contributed by atoms with Crippen molar-refractivity contribution >= 4 is 22.6 Å². The largest absolute Gasteiger partial charge is 0.405 e. The number of carbonyl (C=O) groups is 1. The fourth-order valence-electron chi connectivity index (χ4n) is 4.14. The average Bonchev–Trinajstić information content (AvgIpc) is 3.18. The molecule has 176 valence electrons. The maximum Gasteiger partial charge on any atom is 0.405 e. The highest BCUT2D eigenvalue weighted by molar-refractivity contribution is 6.17. The Kier molecular flexibility index (Phi) is 6.06. The minimum Gasteiger partial charge on any atom is -0.360 e. The normalized spacial score (nSPS) is 21.3. The third kappa shape index (κ3) is 5.28. The van der Waals surface area contributed by atoms with Crippen LogP contribution >= 0.6 is 0 Å². The first kappa shape index (κ1) is 23.1. The van der Waals surface area contributed by atoms with Crippen molar-refractivity contribution < 1.29 is 26.7 Å². The molecule has 0 bridgehead atoms. The van der Waals surface area contributed by atoms with Crippen molar-refractivity contribution in [1.82, 2.24) is 19.9 Å². The van der Waals surface area contributed by atoms with Crippen LogP contribution in [0.1, 0.15) is 54.2 Å². The summed E-state index contributed by atoms with van der Waals surface area (Å²) in [5.41, 5.74) is -0.947. The summed E-state index contributed by atoms with van der Waals surface area (Å²) >= 11 is 0. The highest BCUT2D eigenvalue weighted by Gasteiger charge is 2.31. The van der Waals surface area contributed by atoms with Crippen LogP contribution in [0.3, 0.4) is 0 Å². The number of fused-ring (bicyclic) bond motifs is 1. The van der Waals surface area contributed by atoms with E-state index in [9.17, 15) is 26.7 Å². The molecular weight excluding hydrogens is 445 g/mol. The highest BCUT2D eigenvalue weighted by atomic mass is 19.4. The Morgan fingerprint density at radius 3 is 2.61 bits per heavy atom. The van der Waals surface area contributed by atoms with E-state index in [0.717, 1.165) is 6.33 Å². The number of aromatic amines is 1. The molecule has 0 saturated heterocycles. The van der Waals surface area contributed by atoms with Crippen LogP contribution in [0.5, 0.6) is 0 Å². The molecule has 6 nitrogen and oxygen atoms in total. The van der Waals surface area contributed by atoms with E-state index < -0.39 is 30.1 Å². The molecule has 3 aromatic rings. The maximum absolute atomic E-state index is 14.8. The standard InChI is InChI=1S/C22H22F5N5O/c1-21(24)6-4-12(5-7-21)8-13-2-3-14(18(23)32-13)17(33)15-9-28-19-16(15)20(31-11-30-19)29-10-22(25,26)27/h2-3,9,11-12H,4-8,10H2,1H3,(H2,28,29,30,31). The van der Waals surface area contributed by atoms with Gasteiger partial charge in [0.15, 0.2) is 5.78 Å². The minimum absolute atomic E-state index is 0.0340. The summed E-state index contributed by atoms with van der Waals surface area (Å²) in [5, 5.41) is 2.18. The quantitative estimate of drug-likeness (QED) is 0.297. The molecule has 2 N–H and O–H groups in total. The zero-order valence-electron chi connectivity index (χ0n) is 17.8. The zero-order chi connectivity index (χ0) is 23.8. The second kappa shape index (κ2) is 8.68. The van der Waals surface area contributed by atoms with E-state index in [-0.39, 0.29) is 33.9 Å². The van der Waals surface area contributed by atoms with Crippen molar-refractivity contribution in [3.8, 4) is 0 Å². The average molecular weight is 467 g/mol. The Bertz CT molecular complexity index is 1160. The summed E-state index contributed by atoms with van der Waals surface area (Å²) in [6.07, 6.45) is 0.552. The van der Waals surface area contributed by atoms with Crippen molar-refractivity contribution in [2.24, 2.45) is 5.92 Å². The lowest BCUT2D eigenvalue weighted by molar-refractivity contribution is -0.115. The lowest BCUT2D eigenvalue weighted by Crippen LogP contribution is -2.27. The topological polar surface area (TPSA) is 83.6 Å². The van der Waals surface area contributed by atoms with Crippen LogP contribution in [-0.2, 0) is 6.42 Å². The van der Waals surface area contributed by atoms with Crippen molar-refractivity contribution in [3.05, 3.63) is 47.4 Å². The van der Waals surface area contributed by atoms with Crippen LogP contribution in [0.2, 0.25) is 0 Å². The molecule has 0 amide bonds. The smallest absolute Gasteiger partial charge is 0.360 e. The molecule has 0 spiro atoms. The first-order valence-electron chi connectivity index (χ1n) is 10.5. The van der Waals surface area contributed by atoms with Crippen molar-refractivity contribution in [3.63, 3.8) is 0 Å². The Hall–Kier alpha value is -3.11. The number of hydrogen-bond acceptors (Lipinski definition) is 5. The molecule has 1 aliphatic rings. The maximum atomic E-state index is 14.8. The van der Waals surface area contributed by atoms with Gasteiger partial charge in [-0.05, 0) is 57.1 Å². The van der Waals surface area contributed by atoms with E-state index in [1.54, 1.807) is 13.0 Å². The third-order valence-electron chi connectivity index (χ3n) is 5.97. The number of nitrogens with one attached hydrogen (secondary N) is 2. The third-order valence-corrected chi connectivity index (χ3v) is 5.97. The van der Waals surface area contributed by atoms with Crippen molar-refractivity contribution in [1.29, 1.82) is 0 Å². The highest BCUT2D eigenvalue weighted by Crippen LogP contribution is 2.36. The van der Waals surface area contributed by atoms with Crippen LogP contribution in [0, 0.1) is 11.9 Å². The summed E-state index contributed by atoms with van der Waals surface area (Å²) < 4.78 is 66.7. The van der Waals surface area contributed by atoms with E-state index in [1.807, 2.05) is 0 Å². The molecule has 4 rings (SSSR count). The summed E-state index contributed by atoms with van der Waals surface area (Å²) in [4.78, 5) is 27.4. The summed E-state index contributed by atoms with van der Waals surface area (Å²) in [5.74, 6) is -1.73. The molecule has 1 fully saturated rings. The fraction of sp³-hybridized carbons (Fsp3) is 0.455. The number of carbonyl (C=O) groups excluding carboxylic acids is 1. The number of alkyl halides is 4. The van der Waals surface area contributed by atoms with Gasteiger partial charge >= 0.3 is 6.18 Å². The molecule has 0 atom stereocenters. The van der Waals surface area contributed by atoms with E-state index in [1.165, 1.54) is 12.3 Å². The molecule has 11 heteroatoms. The Labute approximate surface area is 186 Å². The van der Waals surface area contributed by atoms with Gasteiger partial charge < -0.3 is 10.3 Å². The Morgan fingerprint density at radius 1 is 1.21 bits per heavy atom. The second-order valence-corrected chi connectivity index (χ2v) is 8.65. The van der Waals surface area contributed by atoms with Gasteiger partial charge in [0.05, 0.1) is 16.5 Å². The summed E-state index contributed by atoms with van der Waals surface area (Å²) in [6.45, 7) is 0.229. The Balaban J connectivity index is 1.56. The molecule has 3 aromatic heterocycles. The molecule has 1 saturated carbocycles. The lowest BCUT2D eigenvalue weighted by Gasteiger charge is -2.30. The molecule has 3 heterocycles. The fourth-order valence-corrected chi connectivity index (χ4v) is 4.14. The number of anilines is 1. The van der Waals surface area contributed by atoms with E-state index in [0.29, 0.717) is 37.8 Å². The second-order valence-electron chi connectivity index (χ2n) is 8.65. The van der Waals surface area contributed by atoms with E-state index in [2.05, 4.69) is 25.3 Å². The van der Waals surface area contributed by atoms with Crippen LogP contribution in [-0.4, -0.2) is 44.1 Å². The van der Waals surface area contributed by atoms with Gasteiger partial charge in [-0.15, -0.1) is 0 Å². The molecular formula is C22H22F5N5O. The summed E-state index contributed by atoms with van der Waals surface area (Å²) in [7, 11) is 0. The SMILES string of the molecule is CC1(F)CCC(Cc2ccc(C(=O)c3c[nH]c4ncnc(NCC(F)(F)F)c34)c(F)n2)CC1. The number of H-pyrrole nitrogens is 1. The number of hydrogen-bond donors (Lipinski definition) is 2. The van der Waals surface area contributed by atoms with Gasteiger partial charge in [-0.1, -0.05) is 0 Å². The zero-order valence-corrected chi connectivity index (χ0v) is 17.8. The first-order valence-corrected chi connectivity index (χ1v) is 10.5. The van der Waals surface area contributed by atoms with Gasteiger partial charge in [0.2, 0.25) is 5.95 Å². The predicted molar refractivity (Wildman–Crippen MR) is 111 cm³/mol. The number of aromatic nitrogens is 4. The van der Waals surface area contributed by atoms with Crippen molar-refractivity contribution in [2.75, 3.05) is 11.9 Å².